The molecule has 1 aromatic heterocycles. The number of sulfonamides is 1. The molecule has 2 saturated heterocycles. The fraction of sp³-hybridized carbons (Fsp3) is 0.273. The van der Waals surface area contributed by atoms with Crippen molar-refractivity contribution in [2.75, 3.05) is 24.5 Å². The summed E-state index contributed by atoms with van der Waals surface area (Å²) in [4.78, 5) is 15.4. The molecular weight excluding hydrogens is 400 g/mol. The highest BCUT2D eigenvalue weighted by molar-refractivity contribution is 7.89. The number of benzene rings is 2. The van der Waals surface area contributed by atoms with Crippen LogP contribution in [0.1, 0.15) is 12.8 Å². The average Bonchev–Trinajstić information content (AvgIpc) is 3.52. The van der Waals surface area contributed by atoms with Gasteiger partial charge in [-0.15, -0.1) is 0 Å². The van der Waals surface area contributed by atoms with Crippen LogP contribution in [0.2, 0.25) is 0 Å². The van der Waals surface area contributed by atoms with Crippen LogP contribution >= 0.6 is 0 Å². The van der Waals surface area contributed by atoms with Crippen molar-refractivity contribution in [3.8, 4) is 11.1 Å². The van der Waals surface area contributed by atoms with E-state index in [4.69, 9.17) is 0 Å². The SMILES string of the molecule is O=C1N(c2ccc(-c3cn[nH]c3)cc2)CCC12CCN(S(=O)(=O)c1ccccc1)C2. The Morgan fingerprint density at radius 2 is 1.67 bits per heavy atom. The summed E-state index contributed by atoms with van der Waals surface area (Å²) in [5, 5.41) is 6.76. The van der Waals surface area contributed by atoms with E-state index in [1.54, 1.807) is 41.4 Å². The van der Waals surface area contributed by atoms with Crippen molar-refractivity contribution in [1.82, 2.24) is 14.5 Å². The highest BCUT2D eigenvalue weighted by Gasteiger charge is 2.53. The minimum Gasteiger partial charge on any atom is -0.312 e. The maximum Gasteiger partial charge on any atom is 0.243 e. The highest BCUT2D eigenvalue weighted by Crippen LogP contribution is 2.44. The molecule has 154 valence electrons. The van der Waals surface area contributed by atoms with Crippen LogP contribution in [0.3, 0.4) is 0 Å². The predicted molar refractivity (Wildman–Crippen MR) is 113 cm³/mol. The summed E-state index contributed by atoms with van der Waals surface area (Å²) < 4.78 is 27.4. The lowest BCUT2D eigenvalue weighted by atomic mass is 9.86. The van der Waals surface area contributed by atoms with Gasteiger partial charge in [-0.2, -0.15) is 9.40 Å². The largest absolute Gasteiger partial charge is 0.312 e. The quantitative estimate of drug-likeness (QED) is 0.700. The van der Waals surface area contributed by atoms with E-state index in [-0.39, 0.29) is 17.3 Å². The molecule has 2 aliphatic rings. The first kappa shape index (κ1) is 19.0. The molecule has 1 unspecified atom stereocenters. The normalized spacial score (nSPS) is 22.3. The monoisotopic (exact) mass is 422 g/mol. The summed E-state index contributed by atoms with van der Waals surface area (Å²) in [5.41, 5.74) is 2.22. The van der Waals surface area contributed by atoms with E-state index in [0.717, 1.165) is 16.8 Å². The smallest absolute Gasteiger partial charge is 0.243 e. The molecule has 0 bridgehead atoms. The second-order valence-corrected chi connectivity index (χ2v) is 9.86. The molecule has 0 radical (unpaired) electrons. The van der Waals surface area contributed by atoms with Gasteiger partial charge in [0.15, 0.2) is 0 Å². The Bertz CT molecular complexity index is 1160. The van der Waals surface area contributed by atoms with Gasteiger partial charge in [0, 0.05) is 37.1 Å². The van der Waals surface area contributed by atoms with Crippen molar-refractivity contribution in [2.45, 2.75) is 17.7 Å². The molecule has 7 nitrogen and oxygen atoms in total. The number of carbonyl (C=O) groups is 1. The lowest BCUT2D eigenvalue weighted by Gasteiger charge is -2.24. The average molecular weight is 423 g/mol. The van der Waals surface area contributed by atoms with E-state index in [1.807, 2.05) is 30.5 Å². The lowest BCUT2D eigenvalue weighted by molar-refractivity contribution is -0.124. The van der Waals surface area contributed by atoms with E-state index in [1.165, 1.54) is 4.31 Å². The third-order valence-corrected chi connectivity index (χ3v) is 8.08. The first-order valence-electron chi connectivity index (χ1n) is 9.96. The number of aromatic amines is 1. The third-order valence-electron chi connectivity index (χ3n) is 6.22. The Balaban J connectivity index is 1.35. The Hall–Kier alpha value is -2.97. The van der Waals surface area contributed by atoms with Crippen molar-refractivity contribution in [1.29, 1.82) is 0 Å². The van der Waals surface area contributed by atoms with Crippen LogP contribution in [0.15, 0.2) is 71.9 Å². The minimum absolute atomic E-state index is 0.0179. The second-order valence-electron chi connectivity index (χ2n) is 7.92. The molecule has 1 N–H and O–H groups in total. The standard InChI is InChI=1S/C22H22N4O3S/c27-21-22(10-12-25(16-22)30(28,29)20-4-2-1-3-5-20)11-13-26(21)19-8-6-17(7-9-19)18-14-23-24-15-18/h1-9,14-15H,10-13,16H2,(H,23,24). The number of nitrogens with zero attached hydrogens (tertiary/aromatic N) is 3. The molecule has 2 fully saturated rings. The Labute approximate surface area is 175 Å². The van der Waals surface area contributed by atoms with E-state index in [2.05, 4.69) is 10.2 Å². The second kappa shape index (κ2) is 7.07. The van der Waals surface area contributed by atoms with Crippen LogP contribution in [0.4, 0.5) is 5.69 Å². The van der Waals surface area contributed by atoms with Crippen LogP contribution in [0.25, 0.3) is 11.1 Å². The fourth-order valence-corrected chi connectivity index (χ4v) is 6.02. The van der Waals surface area contributed by atoms with E-state index < -0.39 is 15.4 Å². The molecule has 1 atom stereocenters. The zero-order valence-electron chi connectivity index (χ0n) is 16.4. The first-order chi connectivity index (χ1) is 14.5. The Kier molecular flexibility index (Phi) is 4.48. The van der Waals surface area contributed by atoms with Gasteiger partial charge in [0.25, 0.3) is 0 Å². The Morgan fingerprint density at radius 1 is 0.933 bits per heavy atom. The maximum atomic E-state index is 13.3. The van der Waals surface area contributed by atoms with Crippen molar-refractivity contribution in [3.63, 3.8) is 0 Å². The topological polar surface area (TPSA) is 86.4 Å². The zero-order chi connectivity index (χ0) is 20.8. The Morgan fingerprint density at radius 3 is 2.37 bits per heavy atom. The third kappa shape index (κ3) is 3.03. The fourth-order valence-electron chi connectivity index (χ4n) is 4.47. The first-order valence-corrected chi connectivity index (χ1v) is 11.4. The molecule has 0 saturated carbocycles. The number of nitrogens with one attached hydrogen (secondary N) is 1. The number of hydrogen-bond acceptors (Lipinski definition) is 4. The van der Waals surface area contributed by atoms with E-state index in [0.29, 0.717) is 25.9 Å². The van der Waals surface area contributed by atoms with Crippen molar-refractivity contribution < 1.29 is 13.2 Å². The summed E-state index contributed by atoms with van der Waals surface area (Å²) in [6, 6.07) is 16.2. The predicted octanol–water partition coefficient (Wildman–Crippen LogP) is 2.89. The van der Waals surface area contributed by atoms with Gasteiger partial charge in [0.05, 0.1) is 16.5 Å². The molecule has 2 aromatic carbocycles. The summed E-state index contributed by atoms with van der Waals surface area (Å²) in [6.07, 6.45) is 4.80. The molecule has 1 spiro atoms. The molecule has 2 aliphatic heterocycles. The van der Waals surface area contributed by atoms with Crippen LogP contribution in [-0.2, 0) is 14.8 Å². The van der Waals surface area contributed by atoms with E-state index >= 15 is 0 Å². The lowest BCUT2D eigenvalue weighted by Crippen LogP contribution is -2.38. The van der Waals surface area contributed by atoms with Crippen LogP contribution < -0.4 is 4.90 Å². The van der Waals surface area contributed by atoms with Gasteiger partial charge in [-0.3, -0.25) is 9.89 Å². The van der Waals surface area contributed by atoms with Gasteiger partial charge in [-0.1, -0.05) is 30.3 Å². The molecule has 30 heavy (non-hydrogen) atoms. The highest BCUT2D eigenvalue weighted by atomic mass is 32.2. The molecule has 5 rings (SSSR count). The van der Waals surface area contributed by atoms with Gasteiger partial charge in [0.2, 0.25) is 15.9 Å². The molecule has 1 amide bonds. The number of H-pyrrole nitrogens is 1. The van der Waals surface area contributed by atoms with Crippen LogP contribution in [0, 0.1) is 5.41 Å². The number of hydrogen-bond donors (Lipinski definition) is 1. The molecule has 8 heteroatoms. The number of rotatable bonds is 4. The number of aromatic nitrogens is 2. The van der Waals surface area contributed by atoms with Crippen molar-refractivity contribution in [2.24, 2.45) is 5.41 Å². The van der Waals surface area contributed by atoms with Gasteiger partial charge < -0.3 is 4.90 Å². The summed E-state index contributed by atoms with van der Waals surface area (Å²) in [7, 11) is -3.58. The van der Waals surface area contributed by atoms with Gasteiger partial charge in [-0.25, -0.2) is 8.42 Å². The summed E-state index contributed by atoms with van der Waals surface area (Å²) in [6.45, 7) is 1.21. The van der Waals surface area contributed by atoms with Gasteiger partial charge >= 0.3 is 0 Å². The van der Waals surface area contributed by atoms with Gasteiger partial charge in [-0.05, 0) is 42.7 Å². The minimum atomic E-state index is -3.58. The molecule has 0 aliphatic carbocycles. The van der Waals surface area contributed by atoms with Crippen molar-refractivity contribution >= 4 is 21.6 Å². The van der Waals surface area contributed by atoms with Crippen molar-refractivity contribution in [3.05, 3.63) is 67.0 Å². The number of amides is 1. The van der Waals surface area contributed by atoms with E-state index in [9.17, 15) is 13.2 Å². The maximum absolute atomic E-state index is 13.3. The number of carbonyl (C=O) groups excluding carboxylic acids is 1. The molecule has 3 aromatic rings. The van der Waals surface area contributed by atoms with Crippen LogP contribution in [0.5, 0.6) is 0 Å². The zero-order valence-corrected chi connectivity index (χ0v) is 17.2. The molecular formula is C22H22N4O3S. The summed E-state index contributed by atoms with van der Waals surface area (Å²) >= 11 is 0. The summed E-state index contributed by atoms with van der Waals surface area (Å²) in [5.74, 6) is 0.0179. The van der Waals surface area contributed by atoms with Gasteiger partial charge in [0.1, 0.15) is 0 Å². The van der Waals surface area contributed by atoms with Crippen LogP contribution in [-0.4, -0.2) is 48.5 Å². The molecule has 3 heterocycles. The number of anilines is 1.